The molecule has 0 unspecified atom stereocenters. The molecule has 0 saturated carbocycles. The third kappa shape index (κ3) is 4.11. The molecule has 0 bridgehead atoms. The van der Waals surface area contributed by atoms with Crippen LogP contribution in [0, 0.1) is 5.82 Å². The van der Waals surface area contributed by atoms with Crippen molar-refractivity contribution in [3.8, 4) is 0 Å². The zero-order valence-electron chi connectivity index (χ0n) is 11.6. The van der Waals surface area contributed by atoms with Gasteiger partial charge in [-0.3, -0.25) is 4.79 Å². The lowest BCUT2D eigenvalue weighted by atomic mass is 10.1. The van der Waals surface area contributed by atoms with Gasteiger partial charge in [-0.25, -0.2) is 9.18 Å². The average molecular weight is 383 g/mol. The monoisotopic (exact) mass is 382 g/mol. The second-order valence-corrected chi connectivity index (χ2v) is 6.73. The predicted octanol–water partition coefficient (Wildman–Crippen LogP) is 4.48. The van der Waals surface area contributed by atoms with Gasteiger partial charge in [0.1, 0.15) is 11.4 Å². The maximum absolute atomic E-state index is 13.3. The van der Waals surface area contributed by atoms with E-state index < -0.39 is 17.6 Å². The highest BCUT2D eigenvalue weighted by atomic mass is 79.9. The van der Waals surface area contributed by atoms with Crippen molar-refractivity contribution in [1.29, 1.82) is 0 Å². The van der Waals surface area contributed by atoms with Crippen LogP contribution >= 0.6 is 27.3 Å². The van der Waals surface area contributed by atoms with E-state index in [2.05, 4.69) is 15.9 Å². The van der Waals surface area contributed by atoms with Gasteiger partial charge in [0.25, 0.3) is 0 Å². The lowest BCUT2D eigenvalue weighted by Crippen LogP contribution is -2.15. The first kappa shape index (κ1) is 16.6. The summed E-state index contributed by atoms with van der Waals surface area (Å²) in [5, 5.41) is 0. The Morgan fingerprint density at radius 3 is 2.68 bits per heavy atom. The van der Waals surface area contributed by atoms with Gasteiger partial charge in [-0.05, 0) is 58.8 Å². The summed E-state index contributed by atoms with van der Waals surface area (Å²) in [6.07, 6.45) is 1.34. The van der Waals surface area contributed by atoms with E-state index in [1.54, 1.807) is 25.1 Å². The van der Waals surface area contributed by atoms with Crippen molar-refractivity contribution >= 4 is 45.1 Å². The fourth-order valence-electron chi connectivity index (χ4n) is 1.76. The zero-order chi connectivity index (χ0) is 16.1. The maximum Gasteiger partial charge on any atom is 0.342 e. The van der Waals surface area contributed by atoms with Gasteiger partial charge in [0.2, 0.25) is 5.78 Å². The summed E-state index contributed by atoms with van der Waals surface area (Å²) in [5.41, 5.74) is 0.300. The van der Waals surface area contributed by atoms with Gasteiger partial charge in [0.15, 0.2) is 0 Å². The second kappa shape index (κ2) is 7.47. The molecular weight excluding hydrogens is 371 g/mol. The molecule has 1 heterocycles. The minimum absolute atomic E-state index is 0.123. The van der Waals surface area contributed by atoms with Gasteiger partial charge in [-0.2, -0.15) is 0 Å². The van der Waals surface area contributed by atoms with Crippen LogP contribution in [-0.2, 0) is 9.53 Å². The maximum atomic E-state index is 13.3. The van der Waals surface area contributed by atoms with Crippen molar-refractivity contribution in [3.63, 3.8) is 0 Å². The molecule has 0 saturated heterocycles. The molecule has 0 N–H and O–H groups in total. The van der Waals surface area contributed by atoms with E-state index in [0.717, 1.165) is 3.79 Å². The smallest absolute Gasteiger partial charge is 0.342 e. The Morgan fingerprint density at radius 2 is 2.09 bits per heavy atom. The van der Waals surface area contributed by atoms with Crippen LogP contribution in [0.25, 0.3) is 6.08 Å². The molecule has 22 heavy (non-hydrogen) atoms. The average Bonchev–Trinajstić information content (AvgIpc) is 2.91. The zero-order valence-corrected chi connectivity index (χ0v) is 14.0. The van der Waals surface area contributed by atoms with E-state index in [0.29, 0.717) is 10.4 Å². The highest BCUT2D eigenvalue weighted by Gasteiger charge is 2.22. The number of carbonyl (C=O) groups is 2. The summed E-state index contributed by atoms with van der Waals surface area (Å²) >= 11 is 4.49. The number of thiophene rings is 1. The van der Waals surface area contributed by atoms with Gasteiger partial charge < -0.3 is 4.74 Å². The number of ketones is 1. The molecule has 0 aliphatic heterocycles. The van der Waals surface area contributed by atoms with E-state index in [9.17, 15) is 14.0 Å². The number of esters is 1. The van der Waals surface area contributed by atoms with Crippen molar-refractivity contribution in [3.05, 3.63) is 62.0 Å². The van der Waals surface area contributed by atoms with Crippen molar-refractivity contribution < 1.29 is 18.7 Å². The first-order valence-corrected chi connectivity index (χ1v) is 8.06. The first-order chi connectivity index (χ1) is 10.5. The molecule has 2 rings (SSSR count). The van der Waals surface area contributed by atoms with E-state index in [1.807, 2.05) is 0 Å². The number of Topliss-reactive ketones (excluding diaryl/α,β-unsaturated/α-hetero) is 1. The molecule has 0 radical (unpaired) electrons. The summed E-state index contributed by atoms with van der Waals surface area (Å²) in [7, 11) is 0. The Balaban J connectivity index is 2.42. The fourth-order valence-corrected chi connectivity index (χ4v) is 3.10. The number of benzene rings is 1. The molecule has 114 valence electrons. The molecular formula is C16H12BrFO3S. The van der Waals surface area contributed by atoms with E-state index in [-0.39, 0.29) is 12.2 Å². The molecule has 1 aromatic carbocycles. The third-order valence-electron chi connectivity index (χ3n) is 2.70. The van der Waals surface area contributed by atoms with Crippen LogP contribution in [0.4, 0.5) is 4.39 Å². The normalized spacial score (nSPS) is 11.3. The number of rotatable bonds is 5. The molecule has 0 amide bonds. The molecule has 0 atom stereocenters. The lowest BCUT2D eigenvalue weighted by Gasteiger charge is -2.05. The van der Waals surface area contributed by atoms with Crippen LogP contribution in [-0.4, -0.2) is 18.4 Å². The predicted molar refractivity (Wildman–Crippen MR) is 87.4 cm³/mol. The molecule has 6 heteroatoms. The van der Waals surface area contributed by atoms with Gasteiger partial charge in [0.05, 0.1) is 15.3 Å². The van der Waals surface area contributed by atoms with Gasteiger partial charge in [0, 0.05) is 0 Å². The SMILES string of the molecule is CCOC(=O)/C(=C\c1cccc(F)c1)C(=O)c1ccc(Br)s1. The molecule has 3 nitrogen and oxygen atoms in total. The van der Waals surface area contributed by atoms with Crippen LogP contribution < -0.4 is 0 Å². The van der Waals surface area contributed by atoms with Crippen LogP contribution in [0.1, 0.15) is 22.2 Å². The summed E-state index contributed by atoms with van der Waals surface area (Å²) in [6, 6.07) is 9.01. The second-order valence-electron chi connectivity index (χ2n) is 4.27. The number of halogens is 2. The van der Waals surface area contributed by atoms with E-state index >= 15 is 0 Å². The summed E-state index contributed by atoms with van der Waals surface area (Å²) in [4.78, 5) is 24.9. The Morgan fingerprint density at radius 1 is 1.32 bits per heavy atom. The van der Waals surface area contributed by atoms with Crippen molar-refractivity contribution in [2.75, 3.05) is 6.61 Å². The van der Waals surface area contributed by atoms with Crippen LogP contribution in [0.2, 0.25) is 0 Å². The molecule has 2 aromatic rings. The Kier molecular flexibility index (Phi) is 5.63. The third-order valence-corrected chi connectivity index (χ3v) is 4.32. The van der Waals surface area contributed by atoms with Crippen molar-refractivity contribution in [2.24, 2.45) is 0 Å². The number of hydrogen-bond donors (Lipinski definition) is 0. The summed E-state index contributed by atoms with van der Waals surface area (Å²) < 4.78 is 19.0. The van der Waals surface area contributed by atoms with E-state index in [4.69, 9.17) is 4.74 Å². The lowest BCUT2D eigenvalue weighted by molar-refractivity contribution is -0.137. The minimum Gasteiger partial charge on any atom is -0.462 e. The molecule has 0 fully saturated rings. The quantitative estimate of drug-likeness (QED) is 0.251. The van der Waals surface area contributed by atoms with Gasteiger partial charge in [-0.15, -0.1) is 11.3 Å². The highest BCUT2D eigenvalue weighted by molar-refractivity contribution is 9.11. The van der Waals surface area contributed by atoms with Crippen LogP contribution in [0.15, 0.2) is 45.8 Å². The van der Waals surface area contributed by atoms with Crippen LogP contribution in [0.5, 0.6) is 0 Å². The largest absolute Gasteiger partial charge is 0.462 e. The van der Waals surface area contributed by atoms with Gasteiger partial charge in [-0.1, -0.05) is 12.1 Å². The topological polar surface area (TPSA) is 43.4 Å². The fraction of sp³-hybridized carbons (Fsp3) is 0.125. The number of hydrogen-bond acceptors (Lipinski definition) is 4. The number of carbonyl (C=O) groups excluding carboxylic acids is 2. The Labute approximate surface area is 139 Å². The minimum atomic E-state index is -0.721. The number of ether oxygens (including phenoxy) is 1. The molecule has 0 aliphatic carbocycles. The summed E-state index contributed by atoms with van der Waals surface area (Å²) in [6.45, 7) is 1.81. The van der Waals surface area contributed by atoms with Crippen LogP contribution in [0.3, 0.4) is 0 Å². The first-order valence-electron chi connectivity index (χ1n) is 6.45. The summed E-state index contributed by atoms with van der Waals surface area (Å²) in [5.74, 6) is -1.61. The highest BCUT2D eigenvalue weighted by Crippen LogP contribution is 2.25. The molecule has 0 spiro atoms. The molecule has 0 aliphatic rings. The van der Waals surface area contributed by atoms with E-state index in [1.165, 1.54) is 35.6 Å². The molecule has 1 aromatic heterocycles. The Bertz CT molecular complexity index is 736. The van der Waals surface area contributed by atoms with Crippen molar-refractivity contribution in [2.45, 2.75) is 6.92 Å². The van der Waals surface area contributed by atoms with Gasteiger partial charge >= 0.3 is 5.97 Å². The Hall–Kier alpha value is -1.79. The van der Waals surface area contributed by atoms with Crippen molar-refractivity contribution in [1.82, 2.24) is 0 Å². The standard InChI is InChI=1S/C16H12BrFO3S/c1-2-21-16(20)12(9-10-4-3-5-11(18)8-10)15(19)13-6-7-14(17)22-13/h3-9H,2H2,1H3/b12-9-.